The highest BCUT2D eigenvalue weighted by atomic mass is 16.5. The van der Waals surface area contributed by atoms with Crippen molar-refractivity contribution in [3.05, 3.63) is 24.3 Å². The number of hydrogen-bond acceptors (Lipinski definition) is 3. The maximum Gasteiger partial charge on any atom is 0.227 e. The van der Waals surface area contributed by atoms with Crippen LogP contribution in [0.1, 0.15) is 6.42 Å². The number of anilines is 1. The fourth-order valence-electron chi connectivity index (χ4n) is 1.91. The van der Waals surface area contributed by atoms with E-state index in [0.29, 0.717) is 6.54 Å². The lowest BCUT2D eigenvalue weighted by Crippen LogP contribution is -2.28. The van der Waals surface area contributed by atoms with Crippen LogP contribution in [0.5, 0.6) is 5.75 Å². The van der Waals surface area contributed by atoms with E-state index in [-0.39, 0.29) is 18.2 Å². The predicted octanol–water partition coefficient (Wildman–Crippen LogP) is 0.533. The number of hydrogen-bond donors (Lipinski definition) is 1. The van der Waals surface area contributed by atoms with Crippen molar-refractivity contribution in [3.63, 3.8) is 0 Å². The van der Waals surface area contributed by atoms with E-state index in [1.54, 1.807) is 36.3 Å². The van der Waals surface area contributed by atoms with E-state index >= 15 is 0 Å². The number of ether oxygens (including phenoxy) is 1. The maximum absolute atomic E-state index is 11.7. The van der Waals surface area contributed by atoms with Gasteiger partial charge in [-0.2, -0.15) is 0 Å². The summed E-state index contributed by atoms with van der Waals surface area (Å²) >= 11 is 0. The number of nitrogens with two attached hydrogens (primary N) is 1. The van der Waals surface area contributed by atoms with Crippen molar-refractivity contribution in [3.8, 4) is 5.75 Å². The number of carbonyl (C=O) groups is 2. The topological polar surface area (TPSA) is 72.6 Å². The molecule has 5 nitrogen and oxygen atoms in total. The van der Waals surface area contributed by atoms with Crippen LogP contribution in [0, 0.1) is 5.92 Å². The van der Waals surface area contributed by atoms with Crippen LogP contribution in [0.25, 0.3) is 0 Å². The zero-order chi connectivity index (χ0) is 12.4. The Labute approximate surface area is 99.2 Å². The zero-order valence-corrected chi connectivity index (χ0v) is 9.55. The molecule has 1 atom stereocenters. The van der Waals surface area contributed by atoms with Gasteiger partial charge in [-0.3, -0.25) is 9.59 Å². The molecule has 1 fully saturated rings. The molecule has 0 aromatic heterocycles. The molecule has 2 amide bonds. The van der Waals surface area contributed by atoms with Crippen LogP contribution >= 0.6 is 0 Å². The van der Waals surface area contributed by atoms with E-state index in [9.17, 15) is 9.59 Å². The van der Waals surface area contributed by atoms with Gasteiger partial charge >= 0.3 is 0 Å². The lowest BCUT2D eigenvalue weighted by molar-refractivity contribution is -0.123. The highest BCUT2D eigenvalue weighted by Crippen LogP contribution is 2.26. The molecule has 0 aliphatic carbocycles. The summed E-state index contributed by atoms with van der Waals surface area (Å²) in [5.41, 5.74) is 5.97. The highest BCUT2D eigenvalue weighted by Gasteiger charge is 2.33. The summed E-state index contributed by atoms with van der Waals surface area (Å²) in [6.45, 7) is 0.362. The van der Waals surface area contributed by atoms with Gasteiger partial charge < -0.3 is 15.4 Å². The Kier molecular flexibility index (Phi) is 2.99. The molecule has 17 heavy (non-hydrogen) atoms. The normalized spacial score (nSPS) is 19.5. The molecule has 1 aromatic rings. The first-order chi connectivity index (χ1) is 8.11. The van der Waals surface area contributed by atoms with Crippen molar-refractivity contribution < 1.29 is 14.3 Å². The lowest BCUT2D eigenvalue weighted by atomic mass is 10.1. The van der Waals surface area contributed by atoms with Gasteiger partial charge in [0.25, 0.3) is 0 Å². The van der Waals surface area contributed by atoms with Gasteiger partial charge in [0.05, 0.1) is 13.0 Å². The van der Waals surface area contributed by atoms with Gasteiger partial charge in [-0.1, -0.05) is 0 Å². The van der Waals surface area contributed by atoms with Crippen molar-refractivity contribution in [2.24, 2.45) is 11.7 Å². The number of amides is 2. The average Bonchev–Trinajstić information content (AvgIpc) is 2.72. The summed E-state index contributed by atoms with van der Waals surface area (Å²) < 4.78 is 5.04. The first-order valence-corrected chi connectivity index (χ1v) is 5.35. The molecule has 5 heteroatoms. The van der Waals surface area contributed by atoms with Crippen molar-refractivity contribution in [2.45, 2.75) is 6.42 Å². The molecule has 2 rings (SSSR count). The lowest BCUT2D eigenvalue weighted by Gasteiger charge is -2.16. The first kappa shape index (κ1) is 11.4. The molecule has 0 spiro atoms. The number of benzene rings is 1. The van der Waals surface area contributed by atoms with Gasteiger partial charge in [-0.05, 0) is 24.3 Å². The summed E-state index contributed by atoms with van der Waals surface area (Å²) in [5, 5.41) is 0. The van der Waals surface area contributed by atoms with E-state index in [1.165, 1.54) is 0 Å². The standard InChI is InChI=1S/C12H14N2O3/c1-17-10-4-2-9(3-5-10)14-7-8(12(13)16)6-11(14)15/h2-5,8H,6-7H2,1H3,(H2,13,16)/t8-/m1/s1. The van der Waals surface area contributed by atoms with Gasteiger partial charge in [0.2, 0.25) is 11.8 Å². The monoisotopic (exact) mass is 234 g/mol. The Balaban J connectivity index is 2.17. The molecular formula is C12H14N2O3. The predicted molar refractivity (Wildman–Crippen MR) is 62.6 cm³/mol. The summed E-state index contributed by atoms with van der Waals surface area (Å²) in [6, 6.07) is 7.14. The van der Waals surface area contributed by atoms with Crippen molar-refractivity contribution in [1.29, 1.82) is 0 Å². The SMILES string of the molecule is COc1ccc(N2C[C@H](C(N)=O)CC2=O)cc1. The molecule has 0 radical (unpaired) electrons. The maximum atomic E-state index is 11.7. The second-order valence-electron chi connectivity index (χ2n) is 4.01. The largest absolute Gasteiger partial charge is 0.497 e. The third kappa shape index (κ3) is 2.22. The van der Waals surface area contributed by atoms with Crippen LogP contribution in [0.4, 0.5) is 5.69 Å². The summed E-state index contributed by atoms with van der Waals surface area (Å²) in [7, 11) is 1.58. The summed E-state index contributed by atoms with van der Waals surface area (Å²) in [5.74, 6) is -0.148. The average molecular weight is 234 g/mol. The molecule has 1 aliphatic heterocycles. The molecule has 1 saturated heterocycles. The Bertz CT molecular complexity index is 442. The van der Waals surface area contributed by atoms with Crippen LogP contribution in [-0.4, -0.2) is 25.5 Å². The van der Waals surface area contributed by atoms with Gasteiger partial charge in [0.1, 0.15) is 5.75 Å². The number of nitrogens with zero attached hydrogens (tertiary/aromatic N) is 1. The molecule has 1 aromatic carbocycles. The van der Waals surface area contributed by atoms with Gasteiger partial charge in [0, 0.05) is 18.7 Å². The second-order valence-corrected chi connectivity index (χ2v) is 4.01. The minimum Gasteiger partial charge on any atom is -0.497 e. The fraction of sp³-hybridized carbons (Fsp3) is 0.333. The minimum absolute atomic E-state index is 0.0704. The third-order valence-corrected chi connectivity index (χ3v) is 2.91. The van der Waals surface area contributed by atoms with Gasteiger partial charge in [0.15, 0.2) is 0 Å². The van der Waals surface area contributed by atoms with Crippen molar-refractivity contribution >= 4 is 17.5 Å². The Morgan fingerprint density at radius 3 is 2.53 bits per heavy atom. The van der Waals surface area contributed by atoms with Crippen LogP contribution in [0.15, 0.2) is 24.3 Å². The quantitative estimate of drug-likeness (QED) is 0.829. The molecule has 1 aliphatic rings. The molecule has 0 unspecified atom stereocenters. The number of methoxy groups -OCH3 is 1. The minimum atomic E-state index is -0.422. The highest BCUT2D eigenvalue weighted by molar-refractivity contribution is 6.00. The Morgan fingerprint density at radius 1 is 1.41 bits per heavy atom. The van der Waals surface area contributed by atoms with Crippen LogP contribution in [-0.2, 0) is 9.59 Å². The smallest absolute Gasteiger partial charge is 0.227 e. The van der Waals surface area contributed by atoms with E-state index in [1.807, 2.05) is 0 Å². The summed E-state index contributed by atoms with van der Waals surface area (Å²) in [4.78, 5) is 24.4. The summed E-state index contributed by atoms with van der Waals surface area (Å²) in [6.07, 6.45) is 0.196. The van der Waals surface area contributed by atoms with Crippen molar-refractivity contribution in [2.75, 3.05) is 18.6 Å². The second kappa shape index (κ2) is 4.45. The molecule has 90 valence electrons. The molecule has 2 N–H and O–H groups in total. The van der Waals surface area contributed by atoms with E-state index in [4.69, 9.17) is 10.5 Å². The third-order valence-electron chi connectivity index (χ3n) is 2.91. The number of carbonyl (C=O) groups excluding carboxylic acids is 2. The number of rotatable bonds is 3. The molecular weight excluding hydrogens is 220 g/mol. The van der Waals surface area contributed by atoms with Crippen molar-refractivity contribution in [1.82, 2.24) is 0 Å². The first-order valence-electron chi connectivity index (χ1n) is 5.35. The van der Waals surface area contributed by atoms with Crippen LogP contribution in [0.2, 0.25) is 0 Å². The number of primary amides is 1. The van der Waals surface area contributed by atoms with E-state index < -0.39 is 5.91 Å². The molecule has 0 saturated carbocycles. The van der Waals surface area contributed by atoms with Gasteiger partial charge in [-0.15, -0.1) is 0 Å². The molecule has 0 bridgehead atoms. The van der Waals surface area contributed by atoms with Crippen LogP contribution < -0.4 is 15.4 Å². The zero-order valence-electron chi connectivity index (χ0n) is 9.55. The fourth-order valence-corrected chi connectivity index (χ4v) is 1.91. The van der Waals surface area contributed by atoms with Gasteiger partial charge in [-0.25, -0.2) is 0 Å². The Hall–Kier alpha value is -2.04. The molecule has 1 heterocycles. The Morgan fingerprint density at radius 2 is 2.06 bits per heavy atom. The van der Waals surface area contributed by atoms with Crippen LogP contribution in [0.3, 0.4) is 0 Å². The van der Waals surface area contributed by atoms with E-state index in [0.717, 1.165) is 11.4 Å². The van der Waals surface area contributed by atoms with E-state index in [2.05, 4.69) is 0 Å².